The molecule has 0 bridgehead atoms. The molecule has 0 aliphatic rings. The molecule has 0 saturated carbocycles. The van der Waals surface area contributed by atoms with E-state index >= 15 is 0 Å². The molecule has 15 heavy (non-hydrogen) atoms. The van der Waals surface area contributed by atoms with Gasteiger partial charge < -0.3 is 32.9 Å². The van der Waals surface area contributed by atoms with Crippen LogP contribution in [0.2, 0.25) is 0 Å². The number of rotatable bonds is 0. The summed E-state index contributed by atoms with van der Waals surface area (Å²) in [6.45, 7) is 0. The Balaban J connectivity index is -0.00000000142. The molecule has 0 spiro atoms. The summed E-state index contributed by atoms with van der Waals surface area (Å²) in [5.41, 5.74) is 0. The van der Waals surface area contributed by atoms with Crippen LogP contribution in [0.25, 0.3) is 0 Å². The van der Waals surface area contributed by atoms with E-state index in [2.05, 4.69) is 74.5 Å². The first-order valence-corrected chi connectivity index (χ1v) is 19.5. The average molecular weight is 807 g/mol. The van der Waals surface area contributed by atoms with Crippen LogP contribution >= 0.6 is 74.5 Å². The maximum Gasteiger partial charge on any atom is 0 e. The minimum atomic E-state index is 0. The molecule has 0 fully saturated rings. The van der Waals surface area contributed by atoms with Crippen LogP contribution in [-0.2, 0) is 0 Å². The summed E-state index contributed by atoms with van der Waals surface area (Å²) >= 11 is 9.54. The Labute approximate surface area is 142 Å². The van der Waals surface area contributed by atoms with Gasteiger partial charge in [-0.2, -0.15) is 0 Å². The van der Waals surface area contributed by atoms with E-state index in [9.17, 15) is 0 Å². The van der Waals surface area contributed by atoms with E-state index < -0.39 is 0 Å². The molecule has 0 aliphatic heterocycles. The Morgan fingerprint density at radius 1 is 0.600 bits per heavy atom. The molecule has 13 heteroatoms. The first kappa shape index (κ1) is 106. The standard InChI is InChI=1S/2CH4.I3.I2.O2.6H2O/c;;1-3-2;2*1-2;;;;;;/h2*1H4;;;;6*1H2/q;;-1;;;;;;;;. The molecule has 12 N–H and O–H groups in total. The van der Waals surface area contributed by atoms with E-state index in [1.165, 1.54) is 0 Å². The van der Waals surface area contributed by atoms with Gasteiger partial charge in [0.1, 0.15) is 0 Å². The molecule has 0 radical (unpaired) electrons. The van der Waals surface area contributed by atoms with Gasteiger partial charge in [-0.3, -0.25) is 0 Å². The van der Waals surface area contributed by atoms with Gasteiger partial charge >= 0.3 is 50.5 Å². The molecule has 112 valence electrons. The van der Waals surface area contributed by atoms with Gasteiger partial charge in [0.2, 0.25) is 0 Å². The minimum absolute atomic E-state index is 0. The SMILES string of the molecule is C.C.II.I[I-]I.O.O.O.O.O.O.O=O. The van der Waals surface area contributed by atoms with Crippen LogP contribution in [0.4, 0.5) is 0 Å². The fourth-order valence-electron chi connectivity index (χ4n) is 0. The fourth-order valence-corrected chi connectivity index (χ4v) is 0. The zero-order valence-electron chi connectivity index (χ0n) is 5.71. The van der Waals surface area contributed by atoms with E-state index in [-0.39, 0.29) is 47.7 Å². The van der Waals surface area contributed by atoms with Crippen LogP contribution in [0.1, 0.15) is 14.9 Å². The van der Waals surface area contributed by atoms with Gasteiger partial charge in [0.25, 0.3) is 0 Å². The van der Waals surface area contributed by atoms with Crippen molar-refractivity contribution in [2.24, 2.45) is 0 Å². The van der Waals surface area contributed by atoms with Crippen molar-refractivity contribution in [3.63, 3.8) is 0 Å². The van der Waals surface area contributed by atoms with Crippen LogP contribution in [0.15, 0.2) is 0 Å². The summed E-state index contributed by atoms with van der Waals surface area (Å²) < 4.78 is 0. The molecule has 0 amide bonds. The predicted molar refractivity (Wildman–Crippen MR) is 98.0 cm³/mol. The Morgan fingerprint density at radius 2 is 0.600 bits per heavy atom. The van der Waals surface area contributed by atoms with E-state index in [0.717, 1.165) is 0 Å². The molecule has 0 aromatic heterocycles. The predicted octanol–water partition coefficient (Wildman–Crippen LogP) is -3.06. The van der Waals surface area contributed by atoms with Gasteiger partial charge in [0, 0.05) is 47.2 Å². The van der Waals surface area contributed by atoms with Gasteiger partial charge in [-0.25, -0.2) is 0 Å². The molecule has 8 nitrogen and oxygen atoms in total. The molecule has 0 aromatic rings. The van der Waals surface area contributed by atoms with Crippen molar-refractivity contribution >= 4 is 74.5 Å². The van der Waals surface area contributed by atoms with Crippen LogP contribution in [0.5, 0.6) is 0 Å². The monoisotopic (exact) mass is 807 g/mol. The van der Waals surface area contributed by atoms with Gasteiger partial charge in [-0.05, 0) is 0 Å². The van der Waals surface area contributed by atoms with E-state index in [4.69, 9.17) is 9.93 Å². The Kier molecular flexibility index (Phi) is 1920. The van der Waals surface area contributed by atoms with E-state index in [1.807, 2.05) is 0 Å². The van der Waals surface area contributed by atoms with Crippen molar-refractivity contribution < 1.29 is 46.1 Å². The number of hydrogen-bond donors (Lipinski definition) is 0. The second-order valence-electron chi connectivity index (χ2n) is 0.0540. The molecule has 0 unspecified atom stereocenters. The summed E-state index contributed by atoms with van der Waals surface area (Å²) in [6.07, 6.45) is 0. The summed E-state index contributed by atoms with van der Waals surface area (Å²) in [7, 11) is 0. The van der Waals surface area contributed by atoms with Crippen molar-refractivity contribution in [3.05, 3.63) is 9.93 Å². The van der Waals surface area contributed by atoms with Crippen LogP contribution in [-0.4, -0.2) is 32.9 Å². The van der Waals surface area contributed by atoms with Gasteiger partial charge in [0.15, 0.2) is 0 Å². The maximum absolute atomic E-state index is 7.00. The Bertz CT molecular complexity index is 25.0. The summed E-state index contributed by atoms with van der Waals surface area (Å²) in [4.78, 5) is 14.0. The first-order chi connectivity index (χ1) is 3.41. The van der Waals surface area contributed by atoms with Crippen molar-refractivity contribution in [1.82, 2.24) is 0 Å². The van der Waals surface area contributed by atoms with E-state index in [0.29, 0.717) is 13.3 Å². The van der Waals surface area contributed by atoms with Crippen molar-refractivity contribution in [2.75, 3.05) is 0 Å². The third-order valence-electron chi connectivity index (χ3n) is 0. The molecule has 0 rings (SSSR count). The fraction of sp³-hybridized carbons (Fsp3) is 1.00. The summed E-state index contributed by atoms with van der Waals surface area (Å²) in [5.74, 6) is 0. The van der Waals surface area contributed by atoms with Crippen LogP contribution in [0.3, 0.4) is 0 Å². The molecule has 0 saturated heterocycles. The zero-order chi connectivity index (χ0) is 6.71. The molecular weight excluding hydrogens is 787 g/mol. The van der Waals surface area contributed by atoms with Crippen molar-refractivity contribution in [1.29, 1.82) is 0 Å². The summed E-state index contributed by atoms with van der Waals surface area (Å²) in [6, 6.07) is 0. The second kappa shape index (κ2) is 271. The molecule has 0 aliphatic carbocycles. The molecule has 0 atom stereocenters. The van der Waals surface area contributed by atoms with Crippen LogP contribution < -0.4 is 13.3 Å². The first-order valence-electron chi connectivity index (χ1n) is 0.595. The Morgan fingerprint density at radius 3 is 0.600 bits per heavy atom. The van der Waals surface area contributed by atoms with Gasteiger partial charge in [-0.1, -0.05) is 14.9 Å². The second-order valence-corrected chi connectivity index (χ2v) is 16.3. The molecular formula is C2H20I5O8-. The number of halogens is 5. The molecule has 0 heterocycles. The normalized spacial score (nSPS) is 2.13. The van der Waals surface area contributed by atoms with Crippen molar-refractivity contribution in [3.8, 4) is 0 Å². The van der Waals surface area contributed by atoms with Gasteiger partial charge in [-0.15, -0.1) is 0 Å². The van der Waals surface area contributed by atoms with E-state index in [1.54, 1.807) is 0 Å². The topological polar surface area (TPSA) is 223 Å². The quantitative estimate of drug-likeness (QED) is 0.233. The molecule has 0 aromatic carbocycles. The summed E-state index contributed by atoms with van der Waals surface area (Å²) in [5, 5.41) is 0. The third-order valence-corrected chi connectivity index (χ3v) is 0. The average Bonchev–Trinajstić information content (AvgIpc) is 1.78. The van der Waals surface area contributed by atoms with Crippen molar-refractivity contribution in [2.45, 2.75) is 14.9 Å². The smallest absolute Gasteiger partial charge is 0 e. The number of hydrogen-bond acceptors (Lipinski definition) is 2. The Hall–Kier alpha value is 3.01. The zero-order valence-corrected chi connectivity index (χ0v) is 16.5. The van der Waals surface area contributed by atoms with Crippen LogP contribution in [0, 0.1) is 9.93 Å². The minimum Gasteiger partial charge on any atom is -0.412 e. The third kappa shape index (κ3) is 423. The largest absolute Gasteiger partial charge is 0.412 e. The maximum atomic E-state index is 7.00. The van der Waals surface area contributed by atoms with Gasteiger partial charge in [0.05, 0.1) is 0 Å².